The summed E-state index contributed by atoms with van der Waals surface area (Å²) in [6.07, 6.45) is 0. The molecule has 0 fully saturated rings. The Balaban J connectivity index is 1.16. The summed E-state index contributed by atoms with van der Waals surface area (Å²) in [5, 5.41) is 7.31. The molecule has 0 amide bonds. The van der Waals surface area contributed by atoms with E-state index in [1.54, 1.807) is 0 Å². The first kappa shape index (κ1) is 29.1. The summed E-state index contributed by atoms with van der Waals surface area (Å²) < 4.78 is 11.4. The Labute approximate surface area is 303 Å². The molecular weight excluding hydrogens is 653 g/mol. The number of nitrogens with zero attached hydrogens (tertiary/aromatic N) is 2. The van der Waals surface area contributed by atoms with Gasteiger partial charge in [0.15, 0.2) is 0 Å². The molecule has 3 aromatic heterocycles. The van der Waals surface area contributed by atoms with Crippen LogP contribution >= 0.6 is 11.3 Å². The van der Waals surface area contributed by atoms with Crippen LogP contribution in [-0.2, 0) is 0 Å². The molecule has 0 unspecified atom stereocenters. The van der Waals surface area contributed by atoms with Crippen LogP contribution in [0.1, 0.15) is 0 Å². The standard InChI is InChI=1S/C48H30N2OS/c1-2-13-32(14-3-1)49(33-27-25-31(26-28-33)35-19-12-20-40-38-17-6-10-23-45(38)51-47(35)40)44-30-34(29-41-39-18-7-11-24-46(39)52-48(41)44)50-42-21-8-4-15-36(42)37-16-5-9-22-43(37)50/h1-30H. The lowest BCUT2D eigenvalue weighted by molar-refractivity contribution is 0.670. The van der Waals surface area contributed by atoms with Crippen molar-refractivity contribution in [1.29, 1.82) is 0 Å². The van der Waals surface area contributed by atoms with Crippen LogP contribution in [0.4, 0.5) is 17.1 Å². The first-order valence-corrected chi connectivity index (χ1v) is 18.4. The number of anilines is 3. The second kappa shape index (κ2) is 11.5. The number of thiophene rings is 1. The highest BCUT2D eigenvalue weighted by molar-refractivity contribution is 7.26. The number of hydrogen-bond acceptors (Lipinski definition) is 3. The average molecular weight is 683 g/mol. The maximum Gasteiger partial charge on any atom is 0.143 e. The Bertz CT molecular complexity index is 3080. The second-order valence-electron chi connectivity index (χ2n) is 13.3. The fraction of sp³-hybridized carbons (Fsp3) is 0. The minimum atomic E-state index is 0.910. The Morgan fingerprint density at radius 3 is 1.85 bits per heavy atom. The number of fused-ring (bicyclic) bond motifs is 9. The van der Waals surface area contributed by atoms with E-state index in [-0.39, 0.29) is 0 Å². The van der Waals surface area contributed by atoms with Crippen molar-refractivity contribution in [3.05, 3.63) is 182 Å². The lowest BCUT2D eigenvalue weighted by Gasteiger charge is -2.27. The Morgan fingerprint density at radius 1 is 0.462 bits per heavy atom. The maximum atomic E-state index is 6.43. The molecule has 0 aliphatic rings. The molecule has 3 heterocycles. The maximum absolute atomic E-state index is 6.43. The Morgan fingerprint density at radius 2 is 1.08 bits per heavy atom. The van der Waals surface area contributed by atoms with Gasteiger partial charge in [0.05, 0.1) is 21.4 Å². The van der Waals surface area contributed by atoms with Crippen LogP contribution in [0.3, 0.4) is 0 Å². The van der Waals surface area contributed by atoms with Crippen molar-refractivity contribution < 1.29 is 4.42 Å². The molecule has 3 nitrogen and oxygen atoms in total. The molecule has 4 heteroatoms. The number of benzene rings is 8. The second-order valence-corrected chi connectivity index (χ2v) is 14.4. The SMILES string of the molecule is c1ccc(N(c2ccc(-c3cccc4c3oc3ccccc34)cc2)c2cc(-n3c4ccccc4c4ccccc43)cc3c2sc2ccccc23)cc1. The van der Waals surface area contributed by atoms with Crippen LogP contribution in [0, 0.1) is 0 Å². The van der Waals surface area contributed by atoms with Crippen LogP contribution in [0.15, 0.2) is 186 Å². The molecule has 52 heavy (non-hydrogen) atoms. The van der Waals surface area contributed by atoms with Gasteiger partial charge in [0, 0.05) is 59.6 Å². The lowest BCUT2D eigenvalue weighted by atomic mass is 10.0. The van der Waals surface area contributed by atoms with Crippen LogP contribution < -0.4 is 4.90 Å². The Hall–Kier alpha value is -6.62. The number of hydrogen-bond donors (Lipinski definition) is 0. The third kappa shape index (κ3) is 4.38. The van der Waals surface area contributed by atoms with Crippen LogP contribution in [0.2, 0.25) is 0 Å². The fourth-order valence-corrected chi connectivity index (χ4v) is 9.25. The van der Waals surface area contributed by atoms with Crippen molar-refractivity contribution >= 4 is 92.3 Å². The molecule has 0 aliphatic heterocycles. The monoisotopic (exact) mass is 682 g/mol. The molecule has 0 bridgehead atoms. The van der Waals surface area contributed by atoms with Gasteiger partial charge < -0.3 is 13.9 Å². The molecule has 0 saturated heterocycles. The van der Waals surface area contributed by atoms with Gasteiger partial charge in [-0.25, -0.2) is 0 Å². The van der Waals surface area contributed by atoms with E-state index < -0.39 is 0 Å². The first-order chi connectivity index (χ1) is 25.8. The molecule has 8 aromatic carbocycles. The molecule has 0 N–H and O–H groups in total. The number of aromatic nitrogens is 1. The van der Waals surface area contributed by atoms with E-state index in [4.69, 9.17) is 4.42 Å². The first-order valence-electron chi connectivity index (χ1n) is 17.6. The van der Waals surface area contributed by atoms with Crippen molar-refractivity contribution in [1.82, 2.24) is 4.57 Å². The number of furan rings is 1. The summed E-state index contributed by atoms with van der Waals surface area (Å²) in [6, 6.07) is 65.4. The predicted molar refractivity (Wildman–Crippen MR) is 221 cm³/mol. The van der Waals surface area contributed by atoms with Crippen molar-refractivity contribution in [2.24, 2.45) is 0 Å². The van der Waals surface area contributed by atoms with E-state index in [0.29, 0.717) is 0 Å². The lowest BCUT2D eigenvalue weighted by Crippen LogP contribution is -2.10. The van der Waals surface area contributed by atoms with Crippen molar-refractivity contribution in [2.45, 2.75) is 0 Å². The van der Waals surface area contributed by atoms with Gasteiger partial charge in [0.1, 0.15) is 11.2 Å². The normalized spacial score (nSPS) is 11.8. The van der Waals surface area contributed by atoms with Gasteiger partial charge in [0.25, 0.3) is 0 Å². The highest BCUT2D eigenvalue weighted by Gasteiger charge is 2.22. The zero-order chi connectivity index (χ0) is 34.2. The van der Waals surface area contributed by atoms with Crippen molar-refractivity contribution in [2.75, 3.05) is 4.90 Å². The van der Waals surface area contributed by atoms with E-state index in [2.05, 4.69) is 179 Å². The fourth-order valence-electron chi connectivity index (χ4n) is 8.06. The molecular formula is C48H30N2OS. The van der Waals surface area contributed by atoms with Gasteiger partial charge in [-0.3, -0.25) is 0 Å². The third-order valence-electron chi connectivity index (χ3n) is 10.4. The zero-order valence-corrected chi connectivity index (χ0v) is 28.8. The van der Waals surface area contributed by atoms with Crippen LogP contribution in [0.5, 0.6) is 0 Å². The van der Waals surface area contributed by atoms with Gasteiger partial charge in [-0.15, -0.1) is 11.3 Å². The van der Waals surface area contributed by atoms with Gasteiger partial charge in [0.2, 0.25) is 0 Å². The molecule has 11 aromatic rings. The largest absolute Gasteiger partial charge is 0.455 e. The Kier molecular flexibility index (Phi) is 6.42. The van der Waals surface area contributed by atoms with E-state index in [0.717, 1.165) is 55.8 Å². The topological polar surface area (TPSA) is 21.3 Å². The molecule has 0 saturated carbocycles. The van der Waals surface area contributed by atoms with Gasteiger partial charge in [-0.2, -0.15) is 0 Å². The van der Waals surface area contributed by atoms with Crippen molar-refractivity contribution in [3.63, 3.8) is 0 Å². The molecule has 0 atom stereocenters. The molecule has 0 aliphatic carbocycles. The van der Waals surface area contributed by atoms with E-state index >= 15 is 0 Å². The smallest absolute Gasteiger partial charge is 0.143 e. The van der Waals surface area contributed by atoms with Gasteiger partial charge >= 0.3 is 0 Å². The summed E-state index contributed by atoms with van der Waals surface area (Å²) in [6.45, 7) is 0. The van der Waals surface area contributed by atoms with E-state index in [9.17, 15) is 0 Å². The van der Waals surface area contributed by atoms with E-state index in [1.807, 2.05) is 23.5 Å². The molecule has 0 spiro atoms. The van der Waals surface area contributed by atoms with E-state index in [1.165, 1.54) is 42.0 Å². The average Bonchev–Trinajstić information content (AvgIpc) is 3.89. The minimum Gasteiger partial charge on any atom is -0.455 e. The highest BCUT2D eigenvalue weighted by atomic mass is 32.1. The molecule has 244 valence electrons. The van der Waals surface area contributed by atoms with Gasteiger partial charge in [-0.05, 0) is 66.2 Å². The highest BCUT2D eigenvalue weighted by Crippen LogP contribution is 2.47. The van der Waals surface area contributed by atoms with Crippen molar-refractivity contribution in [3.8, 4) is 16.8 Å². The number of rotatable bonds is 5. The summed E-state index contributed by atoms with van der Waals surface area (Å²) in [7, 11) is 0. The van der Waals surface area contributed by atoms with Crippen LogP contribution in [-0.4, -0.2) is 4.57 Å². The summed E-state index contributed by atoms with van der Waals surface area (Å²) >= 11 is 1.86. The summed E-state index contributed by atoms with van der Waals surface area (Å²) in [5.41, 5.74) is 10.9. The van der Waals surface area contributed by atoms with Gasteiger partial charge in [-0.1, -0.05) is 121 Å². The predicted octanol–water partition coefficient (Wildman–Crippen LogP) is 14.2. The molecule has 11 rings (SSSR count). The summed E-state index contributed by atoms with van der Waals surface area (Å²) in [5.74, 6) is 0. The summed E-state index contributed by atoms with van der Waals surface area (Å²) in [4.78, 5) is 2.42. The number of para-hydroxylation sites is 5. The van der Waals surface area contributed by atoms with Crippen LogP contribution in [0.25, 0.3) is 80.7 Å². The minimum absolute atomic E-state index is 0.910. The quantitative estimate of drug-likeness (QED) is 0.180. The third-order valence-corrected chi connectivity index (χ3v) is 11.6. The zero-order valence-electron chi connectivity index (χ0n) is 28.0. The molecule has 0 radical (unpaired) electrons.